The maximum Gasteiger partial charge on any atom is 0.311 e. The van der Waals surface area contributed by atoms with Crippen LogP contribution in [0.3, 0.4) is 0 Å². The van der Waals surface area contributed by atoms with E-state index in [4.69, 9.17) is 4.74 Å². The van der Waals surface area contributed by atoms with Gasteiger partial charge in [0.1, 0.15) is 5.82 Å². The molecule has 2 rings (SSSR count). The molecule has 2 aromatic carbocycles. The number of rotatable bonds is 5. The van der Waals surface area contributed by atoms with E-state index in [9.17, 15) is 14.0 Å². The minimum absolute atomic E-state index is 0.214. The summed E-state index contributed by atoms with van der Waals surface area (Å²) in [6.07, 6.45) is -1.18. The highest BCUT2D eigenvalue weighted by molar-refractivity contribution is 5.95. The Balaban J connectivity index is 1.93. The highest BCUT2D eigenvalue weighted by Gasteiger charge is 2.19. The number of aryl methyl sites for hydroxylation is 2. The molecule has 5 heteroatoms. The molecule has 0 aliphatic heterocycles. The SMILES string of the molecule is Cc1ccc(NC(=O)[C@H](C)OC(=O)Cc2ccccc2F)c(C)c1. The third kappa shape index (κ3) is 4.65. The number of carbonyl (C=O) groups excluding carboxylic acids is 2. The van der Waals surface area contributed by atoms with Gasteiger partial charge in [0, 0.05) is 5.69 Å². The molecule has 0 fully saturated rings. The maximum atomic E-state index is 13.5. The second-order valence-electron chi connectivity index (χ2n) is 5.71. The Hall–Kier alpha value is -2.69. The summed E-state index contributed by atoms with van der Waals surface area (Å²) in [6, 6.07) is 11.6. The summed E-state index contributed by atoms with van der Waals surface area (Å²) in [5.41, 5.74) is 2.93. The van der Waals surface area contributed by atoms with Crippen molar-refractivity contribution in [2.75, 3.05) is 5.32 Å². The molecule has 1 amide bonds. The fourth-order valence-corrected chi connectivity index (χ4v) is 2.28. The second-order valence-corrected chi connectivity index (χ2v) is 5.71. The molecular formula is C19H20FNO3. The first-order valence-corrected chi connectivity index (χ1v) is 7.68. The van der Waals surface area contributed by atoms with Crippen molar-refractivity contribution in [3.05, 3.63) is 65.0 Å². The maximum absolute atomic E-state index is 13.5. The number of amides is 1. The summed E-state index contributed by atoms with van der Waals surface area (Å²) in [5, 5.41) is 2.73. The Labute approximate surface area is 140 Å². The van der Waals surface area contributed by atoms with E-state index in [-0.39, 0.29) is 12.0 Å². The molecule has 1 N–H and O–H groups in total. The van der Waals surface area contributed by atoms with Crippen molar-refractivity contribution in [1.29, 1.82) is 0 Å². The van der Waals surface area contributed by atoms with Crippen LogP contribution in [0.5, 0.6) is 0 Å². The van der Waals surface area contributed by atoms with Crippen LogP contribution in [0.2, 0.25) is 0 Å². The Bertz CT molecular complexity index is 758. The molecular weight excluding hydrogens is 309 g/mol. The molecule has 24 heavy (non-hydrogen) atoms. The highest BCUT2D eigenvalue weighted by atomic mass is 19.1. The molecule has 0 saturated heterocycles. The molecule has 0 heterocycles. The van der Waals surface area contributed by atoms with Crippen LogP contribution in [0.15, 0.2) is 42.5 Å². The summed E-state index contributed by atoms with van der Waals surface area (Å²) in [5.74, 6) is -1.55. The number of carbonyl (C=O) groups is 2. The monoisotopic (exact) mass is 329 g/mol. The zero-order valence-corrected chi connectivity index (χ0v) is 13.9. The fraction of sp³-hybridized carbons (Fsp3) is 0.263. The first-order chi connectivity index (χ1) is 11.4. The van der Waals surface area contributed by atoms with Crippen LogP contribution < -0.4 is 5.32 Å². The van der Waals surface area contributed by atoms with Crippen LogP contribution in [0.4, 0.5) is 10.1 Å². The van der Waals surface area contributed by atoms with Crippen molar-refractivity contribution in [1.82, 2.24) is 0 Å². The molecule has 0 saturated carbocycles. The van der Waals surface area contributed by atoms with Crippen molar-refractivity contribution in [2.45, 2.75) is 33.3 Å². The lowest BCUT2D eigenvalue weighted by Crippen LogP contribution is -2.30. The Kier molecular flexibility index (Phi) is 5.68. The Morgan fingerprint density at radius 2 is 1.88 bits per heavy atom. The van der Waals surface area contributed by atoms with Gasteiger partial charge in [0.25, 0.3) is 5.91 Å². The van der Waals surface area contributed by atoms with E-state index >= 15 is 0 Å². The van der Waals surface area contributed by atoms with E-state index in [1.807, 2.05) is 26.0 Å². The molecule has 0 aliphatic rings. The number of ether oxygens (including phenoxy) is 1. The van der Waals surface area contributed by atoms with E-state index in [0.717, 1.165) is 11.1 Å². The predicted molar refractivity (Wildman–Crippen MR) is 90.2 cm³/mol. The zero-order valence-electron chi connectivity index (χ0n) is 13.9. The van der Waals surface area contributed by atoms with E-state index in [0.29, 0.717) is 5.69 Å². The number of hydrogen-bond donors (Lipinski definition) is 1. The lowest BCUT2D eigenvalue weighted by molar-refractivity contribution is -0.152. The van der Waals surface area contributed by atoms with Gasteiger partial charge in [0.05, 0.1) is 6.42 Å². The summed E-state index contributed by atoms with van der Waals surface area (Å²) in [4.78, 5) is 24.0. The molecule has 1 atom stereocenters. The van der Waals surface area contributed by atoms with Crippen molar-refractivity contribution in [2.24, 2.45) is 0 Å². The van der Waals surface area contributed by atoms with Crippen LogP contribution in [0.1, 0.15) is 23.6 Å². The van der Waals surface area contributed by atoms with Gasteiger partial charge in [-0.15, -0.1) is 0 Å². The van der Waals surface area contributed by atoms with Gasteiger partial charge in [-0.3, -0.25) is 9.59 Å². The van der Waals surface area contributed by atoms with Gasteiger partial charge in [-0.1, -0.05) is 35.9 Å². The van der Waals surface area contributed by atoms with Crippen LogP contribution >= 0.6 is 0 Å². The summed E-state index contributed by atoms with van der Waals surface area (Å²) >= 11 is 0. The first-order valence-electron chi connectivity index (χ1n) is 7.68. The summed E-state index contributed by atoms with van der Waals surface area (Å²) in [6.45, 7) is 5.33. The average Bonchev–Trinajstić information content (AvgIpc) is 2.52. The highest BCUT2D eigenvalue weighted by Crippen LogP contribution is 2.16. The smallest absolute Gasteiger partial charge is 0.311 e. The predicted octanol–water partition coefficient (Wildman–Crippen LogP) is 3.56. The Morgan fingerprint density at radius 1 is 1.17 bits per heavy atom. The van der Waals surface area contributed by atoms with Gasteiger partial charge >= 0.3 is 5.97 Å². The van der Waals surface area contributed by atoms with Crippen LogP contribution in [-0.2, 0) is 20.7 Å². The number of anilines is 1. The number of esters is 1. The largest absolute Gasteiger partial charge is 0.452 e. The van der Waals surface area contributed by atoms with Gasteiger partial charge in [-0.05, 0) is 44.0 Å². The van der Waals surface area contributed by atoms with Crippen LogP contribution in [0.25, 0.3) is 0 Å². The van der Waals surface area contributed by atoms with E-state index in [1.54, 1.807) is 18.2 Å². The molecule has 126 valence electrons. The average molecular weight is 329 g/mol. The van der Waals surface area contributed by atoms with E-state index in [1.165, 1.54) is 19.1 Å². The van der Waals surface area contributed by atoms with Crippen molar-refractivity contribution in [3.63, 3.8) is 0 Å². The number of halogens is 1. The second kappa shape index (κ2) is 7.73. The third-order valence-electron chi connectivity index (χ3n) is 3.61. The van der Waals surface area contributed by atoms with Gasteiger partial charge < -0.3 is 10.1 Å². The van der Waals surface area contributed by atoms with Gasteiger partial charge in [0.15, 0.2) is 6.10 Å². The minimum Gasteiger partial charge on any atom is -0.452 e. The quantitative estimate of drug-likeness (QED) is 0.854. The molecule has 0 unspecified atom stereocenters. The lowest BCUT2D eigenvalue weighted by Gasteiger charge is -2.15. The minimum atomic E-state index is -0.968. The number of nitrogens with one attached hydrogen (secondary N) is 1. The van der Waals surface area contributed by atoms with E-state index in [2.05, 4.69) is 5.32 Å². The van der Waals surface area contributed by atoms with Crippen LogP contribution in [0, 0.1) is 19.7 Å². The summed E-state index contributed by atoms with van der Waals surface area (Å²) in [7, 11) is 0. The van der Waals surface area contributed by atoms with Gasteiger partial charge in [-0.2, -0.15) is 0 Å². The van der Waals surface area contributed by atoms with Crippen LogP contribution in [-0.4, -0.2) is 18.0 Å². The topological polar surface area (TPSA) is 55.4 Å². The Morgan fingerprint density at radius 3 is 2.54 bits per heavy atom. The standard InChI is InChI=1S/C19H20FNO3/c1-12-8-9-17(13(2)10-12)21-19(23)14(3)24-18(22)11-15-6-4-5-7-16(15)20/h4-10,14H,11H2,1-3H3,(H,21,23)/t14-/m0/s1. The molecule has 4 nitrogen and oxygen atoms in total. The van der Waals surface area contributed by atoms with Gasteiger partial charge in [-0.25, -0.2) is 4.39 Å². The molecule has 0 spiro atoms. The molecule has 0 bridgehead atoms. The number of hydrogen-bond acceptors (Lipinski definition) is 3. The lowest BCUT2D eigenvalue weighted by atomic mass is 10.1. The van der Waals surface area contributed by atoms with Crippen molar-refractivity contribution in [3.8, 4) is 0 Å². The molecule has 0 aliphatic carbocycles. The van der Waals surface area contributed by atoms with E-state index < -0.39 is 23.8 Å². The fourth-order valence-electron chi connectivity index (χ4n) is 2.28. The normalized spacial score (nSPS) is 11.7. The van der Waals surface area contributed by atoms with Crippen molar-refractivity contribution < 1.29 is 18.7 Å². The molecule has 2 aromatic rings. The van der Waals surface area contributed by atoms with Gasteiger partial charge in [0.2, 0.25) is 0 Å². The third-order valence-corrected chi connectivity index (χ3v) is 3.61. The zero-order chi connectivity index (χ0) is 17.7. The summed E-state index contributed by atoms with van der Waals surface area (Å²) < 4.78 is 18.6. The van der Waals surface area contributed by atoms with Crippen molar-refractivity contribution >= 4 is 17.6 Å². The molecule has 0 radical (unpaired) electrons. The number of benzene rings is 2. The first kappa shape index (κ1) is 17.7. The molecule has 0 aromatic heterocycles.